The Labute approximate surface area is 611 Å². The van der Waals surface area contributed by atoms with Crippen LogP contribution < -0.4 is 53.6 Å². The number of urea groups is 3. The molecule has 3 rings (SSSR count). The minimum atomic E-state index is -1.31. The quantitative estimate of drug-likeness (QED) is 0.0255. The molecule has 0 radical (unpaired) electrons. The molecule has 608 valence electrons. The van der Waals surface area contributed by atoms with Crippen molar-refractivity contribution in [2.75, 3.05) is 178 Å². The number of aliphatic hydroxyl groups is 9. The topological polar surface area (TPSA) is 530 Å². The normalized spacial score (nSPS) is 24.8. The number of hydrogen-bond donors (Lipinski definition) is 19. The van der Waals surface area contributed by atoms with Crippen LogP contribution in [0.5, 0.6) is 0 Å². The van der Waals surface area contributed by atoms with E-state index in [1.54, 1.807) is 0 Å². The van der Waals surface area contributed by atoms with Crippen LogP contribution in [0.4, 0.5) is 14.4 Å². The Balaban J connectivity index is 1.25. The van der Waals surface area contributed by atoms with E-state index >= 15 is 0 Å². The number of amides is 9. The Hall–Kier alpha value is -4.66. The number of nitrogens with two attached hydrogens (primary N) is 1. The summed E-state index contributed by atoms with van der Waals surface area (Å²) in [4.78, 5) is 72.3. The minimum Gasteiger partial charge on any atom is -0.394 e. The lowest BCUT2D eigenvalue weighted by molar-refractivity contribution is -0.196. The van der Waals surface area contributed by atoms with Crippen LogP contribution in [0, 0.1) is 0 Å². The van der Waals surface area contributed by atoms with Gasteiger partial charge in [0.25, 0.3) is 0 Å². The van der Waals surface area contributed by atoms with Gasteiger partial charge in [0.1, 0.15) is 54.9 Å². The average Bonchev–Trinajstić information content (AvgIpc) is 0.823. The second-order valence-electron chi connectivity index (χ2n) is 26.2. The predicted molar refractivity (Wildman–Crippen MR) is 374 cm³/mol. The zero-order valence-electron chi connectivity index (χ0n) is 61.3. The molecule has 3 aliphatic rings. The Bertz CT molecular complexity index is 2040. The van der Waals surface area contributed by atoms with E-state index in [1.165, 1.54) is 20.8 Å². The average molecular weight is 1510 g/mol. The highest BCUT2D eigenvalue weighted by Crippen LogP contribution is 2.28. The monoisotopic (exact) mass is 1500 g/mol. The lowest BCUT2D eigenvalue weighted by atomic mass is 9.90. The van der Waals surface area contributed by atoms with Gasteiger partial charge in [0.05, 0.1) is 141 Å². The van der Waals surface area contributed by atoms with Crippen molar-refractivity contribution in [1.82, 2.24) is 47.9 Å². The maximum absolute atomic E-state index is 12.4. The Morgan fingerprint density at radius 3 is 0.798 bits per heavy atom. The first kappa shape index (κ1) is 93.5. The van der Waals surface area contributed by atoms with E-state index in [0.717, 1.165) is 38.5 Å². The van der Waals surface area contributed by atoms with Crippen LogP contribution in [0.1, 0.15) is 117 Å². The van der Waals surface area contributed by atoms with Crippen LogP contribution in [0.15, 0.2) is 0 Å². The molecule has 0 unspecified atom stereocenters. The third-order valence-electron chi connectivity index (χ3n) is 17.2. The second kappa shape index (κ2) is 57.5. The molecule has 0 aliphatic carbocycles. The van der Waals surface area contributed by atoms with Crippen LogP contribution in [-0.2, 0) is 71.2 Å². The van der Waals surface area contributed by atoms with Crippen molar-refractivity contribution in [2.24, 2.45) is 5.73 Å². The summed E-state index contributed by atoms with van der Waals surface area (Å²) in [7, 11) is 0. The second-order valence-corrected chi connectivity index (χ2v) is 26.2. The van der Waals surface area contributed by atoms with Crippen molar-refractivity contribution < 1.29 is 132 Å². The van der Waals surface area contributed by atoms with Crippen molar-refractivity contribution >= 4 is 35.8 Å². The number of carbonyl (C=O) groups is 6. The van der Waals surface area contributed by atoms with E-state index in [-0.39, 0.29) is 115 Å². The van der Waals surface area contributed by atoms with Crippen molar-refractivity contribution in [3.8, 4) is 0 Å². The van der Waals surface area contributed by atoms with Gasteiger partial charge in [-0.15, -0.1) is 0 Å². The fourth-order valence-corrected chi connectivity index (χ4v) is 11.7. The zero-order chi connectivity index (χ0) is 76.2. The summed E-state index contributed by atoms with van der Waals surface area (Å²) in [6.45, 7) is 9.75. The molecule has 15 atom stereocenters. The number of nitrogens with one attached hydrogen (secondary N) is 9. The molecular formula is C67H128N10O27. The van der Waals surface area contributed by atoms with Gasteiger partial charge in [-0.3, -0.25) is 14.4 Å². The minimum absolute atomic E-state index is 0.0636. The summed E-state index contributed by atoms with van der Waals surface area (Å²) in [6, 6.07) is -3.48. The van der Waals surface area contributed by atoms with Gasteiger partial charge >= 0.3 is 18.1 Å². The molecule has 37 heteroatoms. The summed E-state index contributed by atoms with van der Waals surface area (Å²) in [6.07, 6.45) is -2.50. The lowest BCUT2D eigenvalue weighted by Gasteiger charge is -2.42. The third-order valence-corrected chi connectivity index (χ3v) is 17.2. The molecule has 3 aliphatic heterocycles. The van der Waals surface area contributed by atoms with E-state index in [9.17, 15) is 74.7 Å². The number of rotatable bonds is 60. The highest BCUT2D eigenvalue weighted by molar-refractivity contribution is 5.75. The highest BCUT2D eigenvalue weighted by Gasteiger charge is 2.47. The van der Waals surface area contributed by atoms with Crippen molar-refractivity contribution in [1.29, 1.82) is 0 Å². The van der Waals surface area contributed by atoms with Crippen molar-refractivity contribution in [3.05, 3.63) is 0 Å². The Kier molecular flexibility index (Phi) is 51.7. The van der Waals surface area contributed by atoms with Gasteiger partial charge in [0.15, 0.2) is 0 Å². The first-order valence-electron chi connectivity index (χ1n) is 36.9. The largest absolute Gasteiger partial charge is 0.394 e. The maximum atomic E-state index is 12.4. The summed E-state index contributed by atoms with van der Waals surface area (Å²) in [5.41, 5.74) is 5.70. The molecule has 37 nitrogen and oxygen atoms in total. The molecule has 3 fully saturated rings. The van der Waals surface area contributed by atoms with Crippen LogP contribution in [0.3, 0.4) is 0 Å². The zero-order valence-corrected chi connectivity index (χ0v) is 61.3. The first-order valence-corrected chi connectivity index (χ1v) is 36.9. The van der Waals surface area contributed by atoms with Crippen molar-refractivity contribution in [3.63, 3.8) is 0 Å². The van der Waals surface area contributed by atoms with Crippen LogP contribution in [0.2, 0.25) is 0 Å². The fraction of sp³-hybridized carbons (Fsp3) is 0.910. The van der Waals surface area contributed by atoms with Gasteiger partial charge in [-0.1, -0.05) is 38.5 Å². The van der Waals surface area contributed by atoms with Crippen LogP contribution >= 0.6 is 0 Å². The van der Waals surface area contributed by atoms with E-state index in [0.29, 0.717) is 137 Å². The molecule has 0 aromatic rings. The number of unbranched alkanes of at least 4 members (excludes halogenated alkanes) is 6. The molecule has 104 heavy (non-hydrogen) atoms. The van der Waals surface area contributed by atoms with Gasteiger partial charge in [0.2, 0.25) is 17.7 Å². The number of ether oxygens (including phenoxy) is 12. The number of carbonyl (C=O) groups excluding carboxylic acids is 6. The molecule has 9 amide bonds. The molecule has 0 aromatic heterocycles. The van der Waals surface area contributed by atoms with E-state index < -0.39 is 117 Å². The third kappa shape index (κ3) is 41.1. The predicted octanol–water partition coefficient (Wildman–Crippen LogP) is -4.46. The molecule has 3 heterocycles. The SMILES string of the molecule is CC(=O)N[C@@H]1[C@@H](O)[C@@H](O)[C@@H](CO)O[C@@H]1CCCCCOCCOCCNC(=O)NCCCOCC(N)(COCCCNC(=O)NCCOCCOCCCCC[C@H]1O[C@H](CO)[C@H](O)[C@H](O)[C@H]1NC(C)=O)COCCCNC(=O)NCCOCCOCCCCC[C@H]1O[C@H](CO)[C@H](O)[C@H](O)[C@H]1NC(C)=O. The smallest absolute Gasteiger partial charge is 0.314 e. The molecule has 3 saturated heterocycles. The Morgan fingerprint density at radius 1 is 0.308 bits per heavy atom. The summed E-state index contributed by atoms with van der Waals surface area (Å²) < 4.78 is 68.8. The molecule has 20 N–H and O–H groups in total. The Morgan fingerprint density at radius 2 is 0.548 bits per heavy atom. The standard InChI is InChI=1S/C67H128N10O27/c1-46(81)75-55-49(102-52(40-78)58(84)61(55)87)16-7-4-10-25-93-34-37-96-31-22-72-64(90)69-19-13-28-99-43-67(68,44-100-29-14-20-70-65(91)73-23-32-97-38-35-94-26-11-5-8-17-50-56(76-47(2)82)62(88)59(85)53(41-79)103-50)45-101-30-15-21-71-66(92)74-24-33-98-39-36-95-27-12-6-9-18-51-57(77-48(3)83)63(89)60(86)54(42-80)104-51/h49-63,78-80,84-89H,4-45,68H2,1-3H3,(H,75,81)(H,76,82)(H,77,83)(H2,69,72,90)(H2,70,73,91)(H2,71,74,92)/t49-,50-,51-,52-,53-,54-,55+,56+,57+,58+,59+,60+,61-,62-,63-/m1/s1. The van der Waals surface area contributed by atoms with Gasteiger partial charge in [-0.25, -0.2) is 14.4 Å². The van der Waals surface area contributed by atoms with E-state index in [4.69, 9.17) is 62.6 Å². The van der Waals surface area contributed by atoms with Gasteiger partial charge in [-0.05, 0) is 57.8 Å². The summed E-state index contributed by atoms with van der Waals surface area (Å²) in [5, 5.41) is 115. The van der Waals surface area contributed by atoms with Crippen molar-refractivity contribution in [2.45, 2.75) is 214 Å². The van der Waals surface area contributed by atoms with Gasteiger partial charge in [0, 0.05) is 99.7 Å². The van der Waals surface area contributed by atoms with Gasteiger partial charge in [-0.2, -0.15) is 0 Å². The number of aliphatic hydroxyl groups excluding tert-OH is 9. The van der Waals surface area contributed by atoms with Gasteiger partial charge < -0.3 is 156 Å². The van der Waals surface area contributed by atoms with Crippen LogP contribution in [0.25, 0.3) is 0 Å². The number of hydrogen-bond acceptors (Lipinski definition) is 28. The van der Waals surface area contributed by atoms with E-state index in [1.807, 2.05) is 0 Å². The van der Waals surface area contributed by atoms with Crippen LogP contribution in [-0.4, -0.2) is 357 Å². The van der Waals surface area contributed by atoms with E-state index in [2.05, 4.69) is 47.9 Å². The molecule has 0 saturated carbocycles. The first-order chi connectivity index (χ1) is 50.1. The maximum Gasteiger partial charge on any atom is 0.314 e. The fourth-order valence-electron chi connectivity index (χ4n) is 11.7. The lowest BCUT2D eigenvalue weighted by Crippen LogP contribution is -2.63. The molecule has 0 spiro atoms. The summed E-state index contributed by atoms with van der Waals surface area (Å²) in [5.74, 6) is -1.08. The molecular weight excluding hydrogens is 1380 g/mol. The highest BCUT2D eigenvalue weighted by atomic mass is 16.6. The molecule has 0 bridgehead atoms. The summed E-state index contributed by atoms with van der Waals surface area (Å²) >= 11 is 0. The molecule has 0 aromatic carbocycles.